The first-order valence-corrected chi connectivity index (χ1v) is 7.60. The third-order valence-electron chi connectivity index (χ3n) is 3.31. The number of hydrogen-bond acceptors (Lipinski definition) is 1. The van der Waals surface area contributed by atoms with Crippen molar-refractivity contribution in [2.75, 3.05) is 0 Å². The molecule has 0 aliphatic heterocycles. The van der Waals surface area contributed by atoms with Gasteiger partial charge in [0.05, 0.1) is 0 Å². The van der Waals surface area contributed by atoms with Gasteiger partial charge >= 0.3 is 6.18 Å². The van der Waals surface area contributed by atoms with E-state index in [4.69, 9.17) is 0 Å². The number of aryl methyl sites for hydroxylation is 2. The van der Waals surface area contributed by atoms with Crippen LogP contribution in [-0.2, 0) is 6.42 Å². The van der Waals surface area contributed by atoms with Gasteiger partial charge in [-0.25, -0.2) is 0 Å². The van der Waals surface area contributed by atoms with E-state index in [1.807, 2.05) is 6.92 Å². The molecule has 0 nitrogen and oxygen atoms in total. The Bertz CT molecular complexity index is 550. The first-order chi connectivity index (χ1) is 8.79. The maximum Gasteiger partial charge on any atom is 0.412 e. The van der Waals surface area contributed by atoms with Crippen LogP contribution in [0.4, 0.5) is 13.2 Å². The maximum absolute atomic E-state index is 12.5. The van der Waals surface area contributed by atoms with Gasteiger partial charge in [0.2, 0.25) is 0 Å². The molecule has 1 aromatic rings. The first-order valence-electron chi connectivity index (χ1n) is 5.99. The Morgan fingerprint density at radius 1 is 1.16 bits per heavy atom. The number of allylic oxidation sites excluding steroid dienone is 4. The lowest BCUT2D eigenvalue weighted by Crippen LogP contribution is -2.14. The molecule has 1 aliphatic rings. The molecule has 1 heterocycles. The zero-order valence-corrected chi connectivity index (χ0v) is 13.1. The number of thiophene rings is 1. The van der Waals surface area contributed by atoms with Crippen LogP contribution in [0.15, 0.2) is 27.8 Å². The van der Waals surface area contributed by atoms with Gasteiger partial charge in [0.25, 0.3) is 0 Å². The summed E-state index contributed by atoms with van der Waals surface area (Å²) in [7, 11) is 0. The fourth-order valence-electron chi connectivity index (χ4n) is 2.20. The van der Waals surface area contributed by atoms with E-state index >= 15 is 0 Å². The zero-order chi connectivity index (χ0) is 14.2. The zero-order valence-electron chi connectivity index (χ0n) is 10.7. The van der Waals surface area contributed by atoms with Gasteiger partial charge < -0.3 is 0 Å². The van der Waals surface area contributed by atoms with Crippen LogP contribution < -0.4 is 0 Å². The minimum absolute atomic E-state index is 0.0924. The van der Waals surface area contributed by atoms with E-state index < -0.39 is 11.7 Å². The van der Waals surface area contributed by atoms with Crippen LogP contribution in [0.2, 0.25) is 0 Å². The maximum atomic E-state index is 12.5. The molecule has 19 heavy (non-hydrogen) atoms. The molecule has 0 amide bonds. The second-order valence-electron chi connectivity index (χ2n) is 4.70. The van der Waals surface area contributed by atoms with E-state index in [2.05, 4.69) is 22.9 Å². The van der Waals surface area contributed by atoms with Crippen molar-refractivity contribution in [3.8, 4) is 0 Å². The minimum atomic E-state index is -4.18. The van der Waals surface area contributed by atoms with Crippen molar-refractivity contribution in [2.24, 2.45) is 0 Å². The highest BCUT2D eigenvalue weighted by Gasteiger charge is 2.33. The van der Waals surface area contributed by atoms with E-state index in [0.29, 0.717) is 6.42 Å². The largest absolute Gasteiger partial charge is 0.412 e. The normalized spacial score (nSPS) is 16.3. The summed E-state index contributed by atoms with van der Waals surface area (Å²) >= 11 is 5.28. The van der Waals surface area contributed by atoms with Crippen molar-refractivity contribution in [3.63, 3.8) is 0 Å². The van der Waals surface area contributed by atoms with Crippen LogP contribution in [0.5, 0.6) is 0 Å². The lowest BCUT2D eigenvalue weighted by molar-refractivity contribution is -0.0941. The van der Waals surface area contributed by atoms with Crippen molar-refractivity contribution < 1.29 is 13.2 Å². The molecule has 0 saturated heterocycles. The monoisotopic (exact) mass is 350 g/mol. The Kier molecular flexibility index (Phi) is 4.26. The average Bonchev–Trinajstić information content (AvgIpc) is 2.56. The van der Waals surface area contributed by atoms with E-state index in [-0.39, 0.29) is 6.42 Å². The second-order valence-corrected chi connectivity index (χ2v) is 6.92. The Morgan fingerprint density at radius 2 is 1.84 bits per heavy atom. The van der Waals surface area contributed by atoms with Crippen molar-refractivity contribution >= 4 is 27.3 Å². The molecule has 104 valence electrons. The molecular formula is C14H14BrF3S. The lowest BCUT2D eigenvalue weighted by Gasteiger charge is -2.17. The summed E-state index contributed by atoms with van der Waals surface area (Å²) in [6.45, 7) is 4.10. The van der Waals surface area contributed by atoms with Gasteiger partial charge in [-0.1, -0.05) is 17.7 Å². The summed E-state index contributed by atoms with van der Waals surface area (Å²) in [5.74, 6) is 0. The highest BCUT2D eigenvalue weighted by atomic mass is 79.9. The molecule has 2 rings (SSSR count). The highest BCUT2D eigenvalue weighted by molar-refractivity contribution is 9.10. The molecule has 0 bridgehead atoms. The Hall–Kier alpha value is -0.550. The summed E-state index contributed by atoms with van der Waals surface area (Å²) in [6, 6.07) is 0. The first kappa shape index (κ1) is 14.9. The molecule has 1 aliphatic carbocycles. The summed E-state index contributed by atoms with van der Waals surface area (Å²) in [5, 5.41) is 0. The molecule has 0 radical (unpaired) electrons. The Labute approximate surface area is 123 Å². The number of rotatable bonds is 2. The van der Waals surface area contributed by atoms with Crippen LogP contribution in [0, 0.1) is 13.8 Å². The molecule has 0 fully saturated rings. The lowest BCUT2D eigenvalue weighted by atomic mass is 9.93. The Morgan fingerprint density at radius 3 is 2.26 bits per heavy atom. The summed E-state index contributed by atoms with van der Waals surface area (Å²) < 4.78 is 38.7. The van der Waals surface area contributed by atoms with E-state index in [1.165, 1.54) is 21.4 Å². The van der Waals surface area contributed by atoms with Crippen molar-refractivity contribution in [1.82, 2.24) is 0 Å². The Balaban J connectivity index is 2.18. The standard InChI is InChI=1S/C14H14BrF3S/c1-8-12(13(15)9(2)19-8)7-10-3-5-11(6-4-10)14(16,17)18/h3,5H,4,6-7H2,1-2H3. The van der Waals surface area contributed by atoms with Crippen LogP contribution >= 0.6 is 27.3 Å². The third kappa shape index (κ3) is 3.31. The topological polar surface area (TPSA) is 0 Å². The van der Waals surface area contributed by atoms with Crippen molar-refractivity contribution in [1.29, 1.82) is 0 Å². The van der Waals surface area contributed by atoms with E-state index in [9.17, 15) is 13.2 Å². The predicted molar refractivity (Wildman–Crippen MR) is 76.7 cm³/mol. The quantitative estimate of drug-likeness (QED) is 0.624. The van der Waals surface area contributed by atoms with Gasteiger partial charge in [-0.2, -0.15) is 13.2 Å². The summed E-state index contributed by atoms with van der Waals surface area (Å²) in [6.07, 6.45) is -0.0103. The van der Waals surface area contributed by atoms with E-state index in [1.54, 1.807) is 17.4 Å². The molecule has 5 heteroatoms. The van der Waals surface area contributed by atoms with Crippen molar-refractivity contribution in [2.45, 2.75) is 39.3 Å². The summed E-state index contributed by atoms with van der Waals surface area (Å²) in [4.78, 5) is 2.45. The second kappa shape index (κ2) is 5.44. The highest BCUT2D eigenvalue weighted by Crippen LogP contribution is 2.37. The molecular weight excluding hydrogens is 337 g/mol. The smallest absolute Gasteiger partial charge is 0.166 e. The SMILES string of the molecule is Cc1sc(C)c(CC2=CC=C(C(F)(F)F)CC2)c1Br. The molecule has 0 unspecified atom stereocenters. The summed E-state index contributed by atoms with van der Waals surface area (Å²) in [5.41, 5.74) is 1.85. The van der Waals surface area contributed by atoms with E-state index in [0.717, 1.165) is 16.5 Å². The number of halogens is 4. The number of alkyl halides is 3. The van der Waals surface area contributed by atoms with Gasteiger partial charge in [0.15, 0.2) is 0 Å². The molecule has 1 aromatic heterocycles. The van der Waals surface area contributed by atoms with Crippen LogP contribution in [0.25, 0.3) is 0 Å². The van der Waals surface area contributed by atoms with Crippen LogP contribution in [0.1, 0.15) is 28.2 Å². The fraction of sp³-hybridized carbons (Fsp3) is 0.429. The fourth-order valence-corrected chi connectivity index (χ4v) is 3.98. The van der Waals surface area contributed by atoms with Gasteiger partial charge in [0, 0.05) is 19.8 Å². The molecule has 0 spiro atoms. The van der Waals surface area contributed by atoms with Gasteiger partial charge in [-0.05, 0) is 54.6 Å². The van der Waals surface area contributed by atoms with Gasteiger partial charge in [0.1, 0.15) is 0 Å². The molecule has 0 saturated carbocycles. The van der Waals surface area contributed by atoms with Gasteiger partial charge in [-0.15, -0.1) is 11.3 Å². The predicted octanol–water partition coefficient (Wildman–Crippen LogP) is 5.88. The number of hydrogen-bond donors (Lipinski definition) is 0. The minimum Gasteiger partial charge on any atom is -0.166 e. The van der Waals surface area contributed by atoms with Crippen LogP contribution in [0.3, 0.4) is 0 Å². The van der Waals surface area contributed by atoms with Gasteiger partial charge in [-0.3, -0.25) is 0 Å². The molecule has 0 aromatic carbocycles. The average molecular weight is 351 g/mol. The van der Waals surface area contributed by atoms with Crippen molar-refractivity contribution in [3.05, 3.63) is 43.1 Å². The molecule has 0 atom stereocenters. The van der Waals surface area contributed by atoms with Crippen LogP contribution in [-0.4, -0.2) is 6.18 Å². The third-order valence-corrected chi connectivity index (χ3v) is 5.71. The molecule has 0 N–H and O–H groups in total.